The first-order chi connectivity index (χ1) is 10.7. The van der Waals surface area contributed by atoms with Gasteiger partial charge < -0.3 is 4.90 Å². The number of nitrogens with zero attached hydrogens (tertiary/aromatic N) is 3. The van der Waals surface area contributed by atoms with Gasteiger partial charge in [0.25, 0.3) is 5.91 Å². The van der Waals surface area contributed by atoms with Gasteiger partial charge in [-0.25, -0.2) is 4.98 Å². The van der Waals surface area contributed by atoms with Crippen molar-refractivity contribution in [3.8, 4) is 0 Å². The number of aryl methyl sites for hydroxylation is 1. The highest BCUT2D eigenvalue weighted by molar-refractivity contribution is 8.00. The minimum Gasteiger partial charge on any atom is -0.337 e. The molecule has 1 amide bonds. The number of piperidine rings is 1. The Morgan fingerprint density at radius 3 is 2.68 bits per heavy atom. The molecule has 1 aromatic carbocycles. The van der Waals surface area contributed by atoms with E-state index >= 15 is 0 Å². The van der Waals surface area contributed by atoms with Crippen molar-refractivity contribution < 1.29 is 4.79 Å². The van der Waals surface area contributed by atoms with Gasteiger partial charge in [-0.15, -0.1) is 11.8 Å². The lowest BCUT2D eigenvalue weighted by molar-refractivity contribution is 0.0721. The van der Waals surface area contributed by atoms with Gasteiger partial charge >= 0.3 is 0 Å². The van der Waals surface area contributed by atoms with Crippen LogP contribution in [0.3, 0.4) is 0 Å². The van der Waals surface area contributed by atoms with Crippen LogP contribution in [-0.2, 0) is 0 Å². The highest BCUT2D eigenvalue weighted by atomic mass is 32.2. The maximum atomic E-state index is 12.3. The number of aromatic nitrogens is 2. The molecule has 0 saturated carbocycles. The number of carbonyl (C=O) groups is 1. The van der Waals surface area contributed by atoms with E-state index in [9.17, 15) is 4.79 Å². The molecule has 5 heteroatoms. The van der Waals surface area contributed by atoms with Crippen molar-refractivity contribution >= 4 is 17.7 Å². The van der Waals surface area contributed by atoms with Crippen molar-refractivity contribution in [1.82, 2.24) is 14.9 Å². The molecule has 1 aliphatic heterocycles. The third kappa shape index (κ3) is 3.47. The van der Waals surface area contributed by atoms with Crippen LogP contribution in [-0.4, -0.2) is 39.1 Å². The molecule has 0 unspecified atom stereocenters. The molecule has 0 atom stereocenters. The van der Waals surface area contributed by atoms with Crippen LogP contribution in [0, 0.1) is 6.92 Å². The summed E-state index contributed by atoms with van der Waals surface area (Å²) >= 11 is 1.93. The number of amides is 1. The van der Waals surface area contributed by atoms with E-state index in [1.165, 1.54) is 16.7 Å². The van der Waals surface area contributed by atoms with Gasteiger partial charge in [-0.2, -0.15) is 0 Å². The quantitative estimate of drug-likeness (QED) is 0.873. The van der Waals surface area contributed by atoms with Gasteiger partial charge in [-0.3, -0.25) is 9.78 Å². The Balaban J connectivity index is 1.57. The van der Waals surface area contributed by atoms with Gasteiger partial charge in [0.1, 0.15) is 5.69 Å². The van der Waals surface area contributed by atoms with E-state index in [0.29, 0.717) is 10.9 Å². The molecule has 0 radical (unpaired) electrons. The maximum Gasteiger partial charge on any atom is 0.274 e. The SMILES string of the molecule is Cc1ccccc1SC1CCN(C(=O)c2cnccn2)CC1. The summed E-state index contributed by atoms with van der Waals surface area (Å²) in [4.78, 5) is 23.6. The molecule has 2 heterocycles. The zero-order valence-corrected chi connectivity index (χ0v) is 13.4. The van der Waals surface area contributed by atoms with E-state index in [4.69, 9.17) is 0 Å². The maximum absolute atomic E-state index is 12.3. The van der Waals surface area contributed by atoms with E-state index < -0.39 is 0 Å². The average Bonchev–Trinajstić information content (AvgIpc) is 2.58. The topological polar surface area (TPSA) is 46.1 Å². The number of hydrogen-bond donors (Lipinski definition) is 0. The Labute approximate surface area is 135 Å². The molecular weight excluding hydrogens is 294 g/mol. The lowest BCUT2D eigenvalue weighted by Crippen LogP contribution is -2.39. The summed E-state index contributed by atoms with van der Waals surface area (Å²) in [6.45, 7) is 3.73. The summed E-state index contributed by atoms with van der Waals surface area (Å²) in [6.07, 6.45) is 6.72. The molecular formula is C17H19N3OS. The predicted molar refractivity (Wildman–Crippen MR) is 88.0 cm³/mol. The molecule has 1 aromatic heterocycles. The average molecular weight is 313 g/mol. The zero-order valence-electron chi connectivity index (χ0n) is 12.6. The summed E-state index contributed by atoms with van der Waals surface area (Å²) in [7, 11) is 0. The van der Waals surface area contributed by atoms with Gasteiger partial charge in [0, 0.05) is 35.6 Å². The zero-order chi connectivity index (χ0) is 15.4. The fourth-order valence-electron chi connectivity index (χ4n) is 2.62. The molecule has 22 heavy (non-hydrogen) atoms. The fraction of sp³-hybridized carbons (Fsp3) is 0.353. The van der Waals surface area contributed by atoms with E-state index in [0.717, 1.165) is 25.9 Å². The van der Waals surface area contributed by atoms with Crippen LogP contribution in [0.2, 0.25) is 0 Å². The number of thioether (sulfide) groups is 1. The highest BCUT2D eigenvalue weighted by Crippen LogP contribution is 2.32. The molecule has 0 spiro atoms. The first-order valence-electron chi connectivity index (χ1n) is 7.51. The minimum atomic E-state index is -0.00700. The normalized spacial score (nSPS) is 15.8. The van der Waals surface area contributed by atoms with Gasteiger partial charge in [-0.1, -0.05) is 18.2 Å². The second kappa shape index (κ2) is 6.92. The van der Waals surface area contributed by atoms with Crippen LogP contribution in [0.4, 0.5) is 0 Å². The van der Waals surface area contributed by atoms with Crippen molar-refractivity contribution in [3.63, 3.8) is 0 Å². The van der Waals surface area contributed by atoms with Gasteiger partial charge in [-0.05, 0) is 31.4 Å². The van der Waals surface area contributed by atoms with E-state index in [1.807, 2.05) is 16.7 Å². The van der Waals surface area contributed by atoms with Crippen LogP contribution in [0.1, 0.15) is 28.9 Å². The van der Waals surface area contributed by atoms with Gasteiger partial charge in [0.15, 0.2) is 0 Å². The van der Waals surface area contributed by atoms with Gasteiger partial charge in [0.05, 0.1) is 6.20 Å². The van der Waals surface area contributed by atoms with E-state index in [-0.39, 0.29) is 5.91 Å². The van der Waals surface area contributed by atoms with Gasteiger partial charge in [0.2, 0.25) is 0 Å². The smallest absolute Gasteiger partial charge is 0.274 e. The number of carbonyl (C=O) groups excluding carboxylic acids is 1. The second-order valence-electron chi connectivity index (χ2n) is 5.47. The third-order valence-corrected chi connectivity index (χ3v) is 5.42. The summed E-state index contributed by atoms with van der Waals surface area (Å²) < 4.78 is 0. The Hall–Kier alpha value is -1.88. The van der Waals surface area contributed by atoms with Crippen molar-refractivity contribution in [3.05, 3.63) is 54.1 Å². The van der Waals surface area contributed by atoms with Crippen LogP contribution < -0.4 is 0 Å². The molecule has 1 saturated heterocycles. The first kappa shape index (κ1) is 15.0. The minimum absolute atomic E-state index is 0.00700. The number of hydrogen-bond acceptors (Lipinski definition) is 4. The molecule has 0 N–H and O–H groups in total. The molecule has 1 aliphatic rings. The third-order valence-electron chi connectivity index (χ3n) is 3.90. The van der Waals surface area contributed by atoms with Crippen LogP contribution in [0.5, 0.6) is 0 Å². The summed E-state index contributed by atoms with van der Waals surface area (Å²) in [6, 6.07) is 8.48. The van der Waals surface area contributed by atoms with Crippen molar-refractivity contribution in [2.45, 2.75) is 29.9 Å². The summed E-state index contributed by atoms with van der Waals surface area (Å²) in [5, 5.41) is 0.576. The lowest BCUT2D eigenvalue weighted by atomic mass is 10.1. The Bertz CT molecular complexity index is 639. The molecule has 1 fully saturated rings. The van der Waals surface area contributed by atoms with Crippen LogP contribution in [0.15, 0.2) is 47.8 Å². The summed E-state index contributed by atoms with van der Waals surface area (Å²) in [5.74, 6) is -0.00700. The molecule has 114 valence electrons. The number of rotatable bonds is 3. The number of benzene rings is 1. The Morgan fingerprint density at radius 1 is 1.23 bits per heavy atom. The molecule has 2 aromatic rings. The van der Waals surface area contributed by atoms with E-state index in [2.05, 4.69) is 41.2 Å². The molecule has 0 bridgehead atoms. The van der Waals surface area contributed by atoms with Crippen molar-refractivity contribution in [1.29, 1.82) is 0 Å². The molecule has 0 aliphatic carbocycles. The fourth-order valence-corrected chi connectivity index (χ4v) is 3.83. The molecule has 3 rings (SSSR count). The van der Waals surface area contributed by atoms with Crippen LogP contribution >= 0.6 is 11.8 Å². The number of likely N-dealkylation sites (tertiary alicyclic amines) is 1. The van der Waals surface area contributed by atoms with Crippen molar-refractivity contribution in [2.75, 3.05) is 13.1 Å². The lowest BCUT2D eigenvalue weighted by Gasteiger charge is -2.31. The van der Waals surface area contributed by atoms with E-state index in [1.54, 1.807) is 12.4 Å². The summed E-state index contributed by atoms with van der Waals surface area (Å²) in [5.41, 5.74) is 1.76. The largest absolute Gasteiger partial charge is 0.337 e. The van der Waals surface area contributed by atoms with Crippen molar-refractivity contribution in [2.24, 2.45) is 0 Å². The monoisotopic (exact) mass is 313 g/mol. The molecule has 4 nitrogen and oxygen atoms in total. The standard InChI is InChI=1S/C17H19N3OS/c1-13-4-2-3-5-16(13)22-14-6-10-20(11-7-14)17(21)15-12-18-8-9-19-15/h2-5,8-9,12,14H,6-7,10-11H2,1H3. The van der Waals surface area contributed by atoms with Crippen LogP contribution in [0.25, 0.3) is 0 Å². The Morgan fingerprint density at radius 2 is 2.00 bits per heavy atom. The Kier molecular flexibility index (Phi) is 4.73. The first-order valence-corrected chi connectivity index (χ1v) is 8.39. The highest BCUT2D eigenvalue weighted by Gasteiger charge is 2.25. The second-order valence-corrected chi connectivity index (χ2v) is 6.81. The predicted octanol–water partition coefficient (Wildman–Crippen LogP) is 3.18.